The molecule has 1 saturated heterocycles. The first-order chi connectivity index (χ1) is 14.6. The van der Waals surface area contributed by atoms with Gasteiger partial charge in [0.05, 0.1) is 16.9 Å². The van der Waals surface area contributed by atoms with Crippen molar-refractivity contribution in [2.75, 3.05) is 17.2 Å². The van der Waals surface area contributed by atoms with E-state index in [2.05, 4.69) is 25.8 Å². The number of hydrogen-bond acceptors (Lipinski definition) is 5. The molecule has 3 amide bonds. The maximum Gasteiger partial charge on any atom is 0.273 e. The summed E-state index contributed by atoms with van der Waals surface area (Å²) in [5.41, 5.74) is 2.75. The van der Waals surface area contributed by atoms with Gasteiger partial charge in [-0.25, -0.2) is 0 Å². The molecule has 9 nitrogen and oxygen atoms in total. The number of hydrogen-bond donors (Lipinski definition) is 3. The summed E-state index contributed by atoms with van der Waals surface area (Å²) in [6, 6.07) is 11.5. The topological polar surface area (TPSA) is 120 Å². The highest BCUT2D eigenvalue weighted by atomic mass is 16.2. The largest absolute Gasteiger partial charge is 0.327 e. The monoisotopic (exact) mass is 402 g/mol. The molecular formula is C21H18N6O3. The van der Waals surface area contributed by atoms with Crippen LogP contribution >= 0.6 is 0 Å². The number of benzene rings is 1. The molecule has 0 radical (unpaired) electrons. The molecule has 1 atom stereocenters. The predicted molar refractivity (Wildman–Crippen MR) is 109 cm³/mol. The summed E-state index contributed by atoms with van der Waals surface area (Å²) in [7, 11) is 0. The molecule has 4 heterocycles. The van der Waals surface area contributed by atoms with Crippen molar-refractivity contribution in [3.8, 4) is 11.4 Å². The van der Waals surface area contributed by atoms with Gasteiger partial charge in [0.25, 0.3) is 11.8 Å². The number of pyridine rings is 1. The third-order valence-electron chi connectivity index (χ3n) is 5.33. The average molecular weight is 402 g/mol. The van der Waals surface area contributed by atoms with Crippen LogP contribution in [0.3, 0.4) is 0 Å². The average Bonchev–Trinajstić information content (AvgIpc) is 3.43. The predicted octanol–water partition coefficient (Wildman–Crippen LogP) is 2.28. The lowest BCUT2D eigenvalue weighted by atomic mass is 10.1. The maximum atomic E-state index is 12.9. The standard InChI is InChI=1S/C21H18N6O3/c28-19(17-11-16(25-26-17)15-4-1-2-8-22-15)23-12-6-7-14-13(10-12)21(30)27-9-3-5-18(27)20(29)24-14/h1-2,4,6-8,10-11,18H,3,5,9H2,(H,23,28)(H,24,29)(H,25,26)/t18-/m0/s1. The van der Waals surface area contributed by atoms with E-state index in [9.17, 15) is 14.4 Å². The van der Waals surface area contributed by atoms with Gasteiger partial charge in [-0.05, 0) is 49.2 Å². The number of amides is 3. The van der Waals surface area contributed by atoms with Gasteiger partial charge >= 0.3 is 0 Å². The molecule has 2 aromatic heterocycles. The summed E-state index contributed by atoms with van der Waals surface area (Å²) in [5.74, 6) is -0.773. The van der Waals surface area contributed by atoms with Gasteiger partial charge < -0.3 is 15.5 Å². The van der Waals surface area contributed by atoms with E-state index in [1.54, 1.807) is 47.5 Å². The van der Waals surface area contributed by atoms with Crippen LogP contribution in [-0.4, -0.2) is 50.4 Å². The zero-order valence-electron chi connectivity index (χ0n) is 15.9. The summed E-state index contributed by atoms with van der Waals surface area (Å²) >= 11 is 0. The number of fused-ring (bicyclic) bond motifs is 2. The zero-order valence-corrected chi connectivity index (χ0v) is 15.9. The molecule has 2 aliphatic heterocycles. The summed E-state index contributed by atoms with van der Waals surface area (Å²) in [6.45, 7) is 0.553. The van der Waals surface area contributed by atoms with Gasteiger partial charge in [0.2, 0.25) is 5.91 Å². The van der Waals surface area contributed by atoms with Gasteiger partial charge in [-0.2, -0.15) is 5.10 Å². The van der Waals surface area contributed by atoms with Crippen molar-refractivity contribution >= 4 is 29.1 Å². The first kappa shape index (κ1) is 18.0. The minimum atomic E-state index is -0.432. The molecule has 0 saturated carbocycles. The first-order valence-corrected chi connectivity index (χ1v) is 9.64. The van der Waals surface area contributed by atoms with E-state index >= 15 is 0 Å². The Labute approximate surface area is 171 Å². The fourth-order valence-corrected chi connectivity index (χ4v) is 3.84. The van der Waals surface area contributed by atoms with E-state index in [-0.39, 0.29) is 17.5 Å². The summed E-state index contributed by atoms with van der Waals surface area (Å²) in [4.78, 5) is 43.8. The van der Waals surface area contributed by atoms with E-state index in [0.717, 1.165) is 6.42 Å². The van der Waals surface area contributed by atoms with Crippen molar-refractivity contribution in [2.45, 2.75) is 18.9 Å². The molecule has 0 bridgehead atoms. The van der Waals surface area contributed by atoms with Crippen LogP contribution in [0.2, 0.25) is 0 Å². The number of nitrogens with one attached hydrogen (secondary N) is 3. The van der Waals surface area contributed by atoms with Crippen LogP contribution in [0, 0.1) is 0 Å². The second kappa shape index (κ2) is 7.11. The summed E-state index contributed by atoms with van der Waals surface area (Å²) in [6.07, 6.45) is 3.11. The third-order valence-corrected chi connectivity index (χ3v) is 5.33. The van der Waals surface area contributed by atoms with Crippen LogP contribution in [-0.2, 0) is 4.79 Å². The number of anilines is 2. The number of carbonyl (C=O) groups excluding carboxylic acids is 3. The molecular weight excluding hydrogens is 384 g/mol. The molecule has 0 aliphatic carbocycles. The first-order valence-electron chi connectivity index (χ1n) is 9.64. The van der Waals surface area contributed by atoms with Crippen LogP contribution in [0.1, 0.15) is 33.7 Å². The normalized spacial score (nSPS) is 17.7. The minimum absolute atomic E-state index is 0.170. The second-order valence-corrected chi connectivity index (χ2v) is 7.24. The number of H-pyrrole nitrogens is 1. The third kappa shape index (κ3) is 3.10. The van der Waals surface area contributed by atoms with E-state index < -0.39 is 11.9 Å². The molecule has 3 aromatic rings. The van der Waals surface area contributed by atoms with Crippen LogP contribution in [0.25, 0.3) is 11.4 Å². The lowest BCUT2D eigenvalue weighted by Crippen LogP contribution is -2.40. The molecule has 1 aromatic carbocycles. The van der Waals surface area contributed by atoms with Gasteiger partial charge in [0.1, 0.15) is 17.4 Å². The van der Waals surface area contributed by atoms with Crippen molar-refractivity contribution in [1.29, 1.82) is 0 Å². The maximum absolute atomic E-state index is 12.9. The van der Waals surface area contributed by atoms with Crippen LogP contribution in [0.15, 0.2) is 48.7 Å². The zero-order chi connectivity index (χ0) is 20.7. The van der Waals surface area contributed by atoms with E-state index in [1.165, 1.54) is 0 Å². The molecule has 0 unspecified atom stereocenters. The van der Waals surface area contributed by atoms with Crippen molar-refractivity contribution in [2.24, 2.45) is 0 Å². The van der Waals surface area contributed by atoms with Gasteiger partial charge in [-0.3, -0.25) is 24.5 Å². The molecule has 150 valence electrons. The lowest BCUT2D eigenvalue weighted by molar-refractivity contribution is -0.119. The fraction of sp³-hybridized carbons (Fsp3) is 0.190. The molecule has 30 heavy (non-hydrogen) atoms. The Morgan fingerprint density at radius 2 is 2.03 bits per heavy atom. The van der Waals surface area contributed by atoms with Gasteiger partial charge in [-0.1, -0.05) is 6.07 Å². The van der Waals surface area contributed by atoms with E-state index in [0.29, 0.717) is 41.3 Å². The molecule has 3 N–H and O–H groups in total. The Hall–Kier alpha value is -4.01. The van der Waals surface area contributed by atoms with Gasteiger partial charge in [-0.15, -0.1) is 0 Å². The van der Waals surface area contributed by atoms with E-state index in [4.69, 9.17) is 0 Å². The molecule has 1 fully saturated rings. The number of aromatic amines is 1. The van der Waals surface area contributed by atoms with Crippen LogP contribution in [0.5, 0.6) is 0 Å². The lowest BCUT2D eigenvalue weighted by Gasteiger charge is -2.20. The second-order valence-electron chi connectivity index (χ2n) is 7.24. The van der Waals surface area contributed by atoms with Crippen LogP contribution in [0.4, 0.5) is 11.4 Å². The number of rotatable bonds is 3. The molecule has 5 rings (SSSR count). The quantitative estimate of drug-likeness (QED) is 0.621. The summed E-state index contributed by atoms with van der Waals surface area (Å²) in [5, 5.41) is 12.4. The van der Waals surface area contributed by atoms with Gasteiger partial charge in [0.15, 0.2) is 0 Å². The number of aromatic nitrogens is 3. The highest BCUT2D eigenvalue weighted by molar-refractivity contribution is 6.11. The van der Waals surface area contributed by atoms with Gasteiger partial charge in [0, 0.05) is 18.4 Å². The van der Waals surface area contributed by atoms with Crippen LogP contribution < -0.4 is 10.6 Å². The van der Waals surface area contributed by atoms with Crippen molar-refractivity contribution in [3.05, 3.63) is 59.9 Å². The number of carbonyl (C=O) groups is 3. The minimum Gasteiger partial charge on any atom is -0.327 e. The van der Waals surface area contributed by atoms with Crippen molar-refractivity contribution in [1.82, 2.24) is 20.1 Å². The number of nitrogens with zero attached hydrogens (tertiary/aromatic N) is 3. The SMILES string of the molecule is O=C(Nc1ccc2c(c1)C(=O)N1CCC[C@H]1C(=O)N2)c1cc(-c2ccccn2)n[nH]1. The van der Waals surface area contributed by atoms with E-state index in [1.807, 2.05) is 6.07 Å². The Morgan fingerprint density at radius 1 is 1.13 bits per heavy atom. The Morgan fingerprint density at radius 3 is 2.87 bits per heavy atom. The Kier molecular flexibility index (Phi) is 4.27. The molecule has 9 heteroatoms. The summed E-state index contributed by atoms with van der Waals surface area (Å²) < 4.78 is 0. The highest BCUT2D eigenvalue weighted by Gasteiger charge is 2.38. The fourth-order valence-electron chi connectivity index (χ4n) is 3.84. The highest BCUT2D eigenvalue weighted by Crippen LogP contribution is 2.30. The Balaban J connectivity index is 1.38. The van der Waals surface area contributed by atoms with Crippen molar-refractivity contribution in [3.63, 3.8) is 0 Å². The van der Waals surface area contributed by atoms with Crippen molar-refractivity contribution < 1.29 is 14.4 Å². The molecule has 2 aliphatic rings. The Bertz CT molecular complexity index is 1160. The smallest absolute Gasteiger partial charge is 0.273 e. The molecule has 0 spiro atoms.